The summed E-state index contributed by atoms with van der Waals surface area (Å²) >= 11 is 0. The molecular formula is C15H13F6N3O2. The average molecular weight is 381 g/mol. The van der Waals surface area contributed by atoms with Crippen LogP contribution in [0.4, 0.5) is 26.3 Å². The molecule has 0 saturated carbocycles. The van der Waals surface area contributed by atoms with Crippen molar-refractivity contribution >= 4 is 0 Å². The second-order valence-corrected chi connectivity index (χ2v) is 5.18. The van der Waals surface area contributed by atoms with Gasteiger partial charge in [-0.1, -0.05) is 0 Å². The first-order valence-corrected chi connectivity index (χ1v) is 7.16. The molecule has 0 fully saturated rings. The maximum Gasteiger partial charge on any atom is 0.435 e. The topological polar surface area (TPSA) is 49.2 Å². The van der Waals surface area contributed by atoms with Gasteiger partial charge in [0.15, 0.2) is 11.5 Å². The molecule has 142 valence electrons. The van der Waals surface area contributed by atoms with Gasteiger partial charge in [0, 0.05) is 31.7 Å². The summed E-state index contributed by atoms with van der Waals surface area (Å²) < 4.78 is 85.9. The van der Waals surface area contributed by atoms with Gasteiger partial charge in [0.25, 0.3) is 0 Å². The molecule has 0 spiro atoms. The van der Waals surface area contributed by atoms with E-state index in [1.807, 2.05) is 0 Å². The molecule has 0 amide bonds. The first kappa shape index (κ1) is 19.6. The highest BCUT2D eigenvalue weighted by Crippen LogP contribution is 2.32. The Balaban J connectivity index is 2.12. The number of halogens is 6. The summed E-state index contributed by atoms with van der Waals surface area (Å²) in [5.74, 6) is -1.95. The van der Waals surface area contributed by atoms with E-state index in [0.29, 0.717) is 11.6 Å². The first-order valence-electron chi connectivity index (χ1n) is 7.16. The second kappa shape index (κ2) is 7.67. The van der Waals surface area contributed by atoms with Crippen LogP contribution in [0.15, 0.2) is 30.1 Å². The number of aryl methyl sites for hydroxylation is 2. The average Bonchev–Trinajstić information content (AvgIpc) is 2.87. The van der Waals surface area contributed by atoms with Crippen LogP contribution in [0.3, 0.4) is 0 Å². The Hall–Kier alpha value is -2.72. The molecule has 0 unspecified atom stereocenters. The molecule has 0 radical (unpaired) electrons. The Morgan fingerprint density at radius 3 is 2.35 bits per heavy atom. The van der Waals surface area contributed by atoms with Crippen molar-refractivity contribution in [2.75, 3.05) is 6.61 Å². The minimum absolute atomic E-state index is 0.0507. The Morgan fingerprint density at radius 1 is 1.12 bits per heavy atom. The molecule has 0 bridgehead atoms. The molecule has 5 nitrogen and oxygen atoms in total. The van der Waals surface area contributed by atoms with Gasteiger partial charge >= 0.3 is 12.3 Å². The van der Waals surface area contributed by atoms with Crippen LogP contribution >= 0.6 is 0 Å². The lowest BCUT2D eigenvalue weighted by Gasteiger charge is -2.09. The predicted octanol–water partition coefficient (Wildman–Crippen LogP) is 4.78. The van der Waals surface area contributed by atoms with E-state index in [4.69, 9.17) is 9.47 Å². The van der Waals surface area contributed by atoms with E-state index >= 15 is 0 Å². The fourth-order valence-corrected chi connectivity index (χ4v) is 1.86. The number of aromatic nitrogens is 3. The van der Waals surface area contributed by atoms with Gasteiger partial charge in [0.05, 0.1) is 6.61 Å². The van der Waals surface area contributed by atoms with Crippen molar-refractivity contribution in [2.24, 2.45) is 7.05 Å². The molecule has 0 atom stereocenters. The van der Waals surface area contributed by atoms with Crippen molar-refractivity contribution in [2.45, 2.75) is 19.5 Å². The van der Waals surface area contributed by atoms with E-state index in [1.165, 1.54) is 19.2 Å². The summed E-state index contributed by atoms with van der Waals surface area (Å²) in [4.78, 5) is 3.89. The molecule has 2 rings (SSSR count). The lowest BCUT2D eigenvalue weighted by Crippen LogP contribution is -2.06. The van der Waals surface area contributed by atoms with Crippen molar-refractivity contribution in [1.82, 2.24) is 14.8 Å². The molecule has 26 heavy (non-hydrogen) atoms. The third kappa shape index (κ3) is 5.14. The second-order valence-electron chi connectivity index (χ2n) is 5.18. The molecule has 0 saturated heterocycles. The molecule has 11 heteroatoms. The standard InChI is InChI=1S/C15H13F6N3O2/c1-8-5-11(25-4-3-9(16)14(17)18)22-12(6-8)26-13-7-10(15(19,20)21)23-24(13)2/h5-7H,3-4H2,1-2H3. The van der Waals surface area contributed by atoms with Crippen LogP contribution in [-0.2, 0) is 13.2 Å². The van der Waals surface area contributed by atoms with Gasteiger partial charge in [0.2, 0.25) is 17.6 Å². The van der Waals surface area contributed by atoms with Gasteiger partial charge in [-0.25, -0.2) is 9.07 Å². The van der Waals surface area contributed by atoms with Gasteiger partial charge in [-0.05, 0) is 12.5 Å². The number of hydrogen-bond donors (Lipinski definition) is 0. The van der Waals surface area contributed by atoms with E-state index in [-0.39, 0.29) is 17.6 Å². The fourth-order valence-electron chi connectivity index (χ4n) is 1.86. The SMILES string of the molecule is Cc1cc(OCCC(F)=C(F)F)nc(Oc2cc(C(F)(F)F)nn2C)c1. The van der Waals surface area contributed by atoms with E-state index in [0.717, 1.165) is 4.68 Å². The third-order valence-corrected chi connectivity index (χ3v) is 3.04. The van der Waals surface area contributed by atoms with Crippen molar-refractivity contribution in [3.63, 3.8) is 0 Å². The molecule has 0 N–H and O–H groups in total. The van der Waals surface area contributed by atoms with Crippen LogP contribution in [0.5, 0.6) is 17.6 Å². The minimum Gasteiger partial charge on any atom is -0.477 e. The highest BCUT2D eigenvalue weighted by Gasteiger charge is 2.35. The zero-order valence-electron chi connectivity index (χ0n) is 13.6. The number of alkyl halides is 3. The van der Waals surface area contributed by atoms with Crippen LogP contribution in [0.25, 0.3) is 0 Å². The summed E-state index contributed by atoms with van der Waals surface area (Å²) in [5.41, 5.74) is -0.550. The van der Waals surface area contributed by atoms with Crippen LogP contribution in [0, 0.1) is 6.92 Å². The summed E-state index contributed by atoms with van der Waals surface area (Å²) in [6, 6.07) is 3.56. The molecule has 2 aromatic rings. The van der Waals surface area contributed by atoms with Crippen molar-refractivity contribution in [1.29, 1.82) is 0 Å². The maximum atomic E-state index is 12.7. The number of hydrogen-bond acceptors (Lipinski definition) is 4. The predicted molar refractivity (Wildman–Crippen MR) is 77.7 cm³/mol. The monoisotopic (exact) mass is 381 g/mol. The van der Waals surface area contributed by atoms with Crippen molar-refractivity contribution in [3.05, 3.63) is 41.4 Å². The molecule has 0 aliphatic carbocycles. The molecule has 2 heterocycles. The summed E-state index contributed by atoms with van der Waals surface area (Å²) in [7, 11) is 1.26. The zero-order chi connectivity index (χ0) is 19.5. The Kier molecular flexibility index (Phi) is 5.78. The lowest BCUT2D eigenvalue weighted by atomic mass is 10.3. The van der Waals surface area contributed by atoms with Crippen molar-refractivity contribution in [3.8, 4) is 17.6 Å². The minimum atomic E-state index is -4.63. The van der Waals surface area contributed by atoms with Gasteiger partial charge in [-0.2, -0.15) is 32.0 Å². The fraction of sp³-hybridized carbons (Fsp3) is 0.333. The van der Waals surface area contributed by atoms with Crippen LogP contribution in [0.2, 0.25) is 0 Å². The van der Waals surface area contributed by atoms with Crippen molar-refractivity contribution < 1.29 is 35.8 Å². The number of nitrogens with zero attached hydrogens (tertiary/aromatic N) is 3. The summed E-state index contributed by atoms with van der Waals surface area (Å²) in [5, 5.41) is 3.30. The Labute approximate surface area is 143 Å². The summed E-state index contributed by atoms with van der Waals surface area (Å²) in [6.45, 7) is 1.23. The van der Waals surface area contributed by atoms with E-state index in [9.17, 15) is 26.3 Å². The smallest absolute Gasteiger partial charge is 0.435 e. The highest BCUT2D eigenvalue weighted by molar-refractivity contribution is 5.30. The van der Waals surface area contributed by atoms with Crippen LogP contribution in [-0.4, -0.2) is 21.4 Å². The van der Waals surface area contributed by atoms with Gasteiger partial charge < -0.3 is 9.47 Å². The quantitative estimate of drug-likeness (QED) is 0.676. The van der Waals surface area contributed by atoms with Gasteiger partial charge in [-0.15, -0.1) is 0 Å². The zero-order valence-corrected chi connectivity index (χ0v) is 13.6. The number of pyridine rings is 1. The Bertz CT molecular complexity index is 812. The molecular weight excluding hydrogens is 368 g/mol. The number of ether oxygens (including phenoxy) is 2. The lowest BCUT2D eigenvalue weighted by molar-refractivity contribution is -0.141. The van der Waals surface area contributed by atoms with E-state index in [1.54, 1.807) is 6.92 Å². The molecule has 2 aromatic heterocycles. The van der Waals surface area contributed by atoms with E-state index < -0.39 is 36.8 Å². The Morgan fingerprint density at radius 2 is 1.77 bits per heavy atom. The molecule has 0 aliphatic heterocycles. The van der Waals surface area contributed by atoms with E-state index in [2.05, 4.69) is 10.1 Å². The largest absolute Gasteiger partial charge is 0.477 e. The highest BCUT2D eigenvalue weighted by atomic mass is 19.4. The van der Waals surface area contributed by atoms with Crippen LogP contribution in [0.1, 0.15) is 17.7 Å². The van der Waals surface area contributed by atoms with Crippen LogP contribution < -0.4 is 9.47 Å². The molecule has 0 aliphatic rings. The maximum absolute atomic E-state index is 12.7. The molecule has 0 aromatic carbocycles. The normalized spacial score (nSPS) is 11.4. The van der Waals surface area contributed by atoms with Gasteiger partial charge in [0.1, 0.15) is 0 Å². The third-order valence-electron chi connectivity index (χ3n) is 3.04. The first-order chi connectivity index (χ1) is 12.1. The van der Waals surface area contributed by atoms with Gasteiger partial charge in [-0.3, -0.25) is 0 Å². The number of rotatable bonds is 6. The summed E-state index contributed by atoms with van der Waals surface area (Å²) in [6.07, 6.45) is -7.70.